The molecule has 0 bridgehead atoms. The minimum absolute atomic E-state index is 0.328. The van der Waals surface area contributed by atoms with Crippen molar-refractivity contribution >= 4 is 0 Å². The van der Waals surface area contributed by atoms with E-state index in [1.807, 2.05) is 24.3 Å². The van der Waals surface area contributed by atoms with Gasteiger partial charge in [0.1, 0.15) is 11.9 Å². The molecule has 1 N–H and O–H groups in total. The quantitative estimate of drug-likeness (QED) is 0.864. The number of benzene rings is 2. The first-order chi connectivity index (χ1) is 8.58. The molecule has 0 saturated heterocycles. The van der Waals surface area contributed by atoms with E-state index in [-0.39, 0.29) is 5.82 Å². The number of hydrogen-bond acceptors (Lipinski definition) is 1. The van der Waals surface area contributed by atoms with Gasteiger partial charge in [-0.25, -0.2) is 4.39 Å². The van der Waals surface area contributed by atoms with Gasteiger partial charge >= 0.3 is 0 Å². The van der Waals surface area contributed by atoms with Gasteiger partial charge < -0.3 is 5.11 Å². The molecule has 0 saturated carbocycles. The number of hydrogen-bond donors (Lipinski definition) is 1. The van der Waals surface area contributed by atoms with E-state index >= 15 is 0 Å². The molecule has 0 heterocycles. The molecule has 0 aliphatic carbocycles. The lowest BCUT2D eigenvalue weighted by Crippen LogP contribution is -2.00. The molecule has 0 aliphatic heterocycles. The van der Waals surface area contributed by atoms with E-state index in [4.69, 9.17) is 0 Å². The van der Waals surface area contributed by atoms with Crippen molar-refractivity contribution in [3.05, 3.63) is 71.0 Å². The first-order valence-corrected chi connectivity index (χ1v) is 6.11. The maximum atomic E-state index is 13.1. The number of aliphatic hydroxyl groups excluding tert-OH is 1. The molecule has 1 atom stereocenters. The number of rotatable bonds is 3. The second-order valence-electron chi connectivity index (χ2n) is 4.78. The van der Waals surface area contributed by atoms with E-state index in [0.717, 1.165) is 5.56 Å². The Kier molecular flexibility index (Phi) is 3.78. The van der Waals surface area contributed by atoms with Crippen LogP contribution in [0.4, 0.5) is 4.39 Å². The first-order valence-electron chi connectivity index (χ1n) is 6.11. The van der Waals surface area contributed by atoms with Crippen molar-refractivity contribution in [1.82, 2.24) is 0 Å². The molecular formula is C16H17FO. The van der Waals surface area contributed by atoms with Crippen LogP contribution in [0.25, 0.3) is 0 Å². The Morgan fingerprint density at radius 1 is 0.889 bits per heavy atom. The van der Waals surface area contributed by atoms with Gasteiger partial charge in [-0.2, -0.15) is 0 Å². The third-order valence-electron chi connectivity index (χ3n) is 3.08. The Morgan fingerprint density at radius 2 is 1.50 bits per heavy atom. The molecule has 94 valence electrons. The molecular weight excluding hydrogens is 227 g/mol. The van der Waals surface area contributed by atoms with E-state index in [2.05, 4.69) is 13.8 Å². The molecule has 2 heteroatoms. The standard InChI is InChI=1S/C16H17FO/c1-11(2)12-6-8-13(9-7-12)16(18)14-4-3-5-15(17)10-14/h3-11,16,18H,1-2H3/t16-/m1/s1. The lowest BCUT2D eigenvalue weighted by molar-refractivity contribution is 0.220. The average Bonchev–Trinajstić information content (AvgIpc) is 2.38. The molecule has 0 spiro atoms. The van der Waals surface area contributed by atoms with Gasteiger partial charge in [0.2, 0.25) is 0 Å². The lowest BCUT2D eigenvalue weighted by atomic mass is 9.97. The van der Waals surface area contributed by atoms with Crippen LogP contribution in [0.5, 0.6) is 0 Å². The Labute approximate surface area is 107 Å². The van der Waals surface area contributed by atoms with E-state index in [1.54, 1.807) is 12.1 Å². The zero-order chi connectivity index (χ0) is 13.1. The third kappa shape index (κ3) is 2.77. The van der Waals surface area contributed by atoms with Gasteiger partial charge in [0.05, 0.1) is 0 Å². The fourth-order valence-electron chi connectivity index (χ4n) is 1.93. The highest BCUT2D eigenvalue weighted by Gasteiger charge is 2.11. The van der Waals surface area contributed by atoms with Crippen LogP contribution >= 0.6 is 0 Å². The van der Waals surface area contributed by atoms with Crippen LogP contribution in [0.1, 0.15) is 42.6 Å². The summed E-state index contributed by atoms with van der Waals surface area (Å²) in [4.78, 5) is 0. The molecule has 18 heavy (non-hydrogen) atoms. The molecule has 0 aliphatic rings. The summed E-state index contributed by atoms with van der Waals surface area (Å²) in [6.45, 7) is 4.25. The minimum Gasteiger partial charge on any atom is -0.384 e. The number of halogens is 1. The normalized spacial score (nSPS) is 12.7. The molecule has 1 nitrogen and oxygen atoms in total. The van der Waals surface area contributed by atoms with Crippen molar-refractivity contribution in [2.45, 2.75) is 25.9 Å². The fraction of sp³-hybridized carbons (Fsp3) is 0.250. The summed E-state index contributed by atoms with van der Waals surface area (Å²) < 4.78 is 13.1. The van der Waals surface area contributed by atoms with Gasteiger partial charge in [-0.05, 0) is 34.7 Å². The molecule has 0 fully saturated rings. The highest BCUT2D eigenvalue weighted by molar-refractivity contribution is 5.32. The van der Waals surface area contributed by atoms with Crippen LogP contribution in [0.3, 0.4) is 0 Å². The van der Waals surface area contributed by atoms with Gasteiger partial charge in [-0.3, -0.25) is 0 Å². The predicted octanol–water partition coefficient (Wildman–Crippen LogP) is 4.03. The number of aliphatic hydroxyl groups is 1. The lowest BCUT2D eigenvalue weighted by Gasteiger charge is -2.13. The molecule has 2 rings (SSSR count). The van der Waals surface area contributed by atoms with Gasteiger partial charge in [-0.1, -0.05) is 50.2 Å². The van der Waals surface area contributed by atoms with Crippen LogP contribution in [0, 0.1) is 5.82 Å². The fourth-order valence-corrected chi connectivity index (χ4v) is 1.93. The van der Waals surface area contributed by atoms with E-state index in [1.165, 1.54) is 17.7 Å². The van der Waals surface area contributed by atoms with E-state index in [9.17, 15) is 9.50 Å². The van der Waals surface area contributed by atoms with Gasteiger partial charge in [0.15, 0.2) is 0 Å². The Balaban J connectivity index is 2.26. The molecule has 2 aromatic rings. The minimum atomic E-state index is -0.776. The average molecular weight is 244 g/mol. The maximum Gasteiger partial charge on any atom is 0.123 e. The zero-order valence-electron chi connectivity index (χ0n) is 10.6. The maximum absolute atomic E-state index is 13.1. The summed E-state index contributed by atoms with van der Waals surface area (Å²) in [5.41, 5.74) is 2.59. The van der Waals surface area contributed by atoms with E-state index < -0.39 is 6.10 Å². The molecule has 0 radical (unpaired) electrons. The summed E-state index contributed by atoms with van der Waals surface area (Å²) in [6, 6.07) is 13.9. The van der Waals surface area contributed by atoms with Crippen molar-refractivity contribution in [1.29, 1.82) is 0 Å². The van der Waals surface area contributed by atoms with Crippen molar-refractivity contribution in [2.24, 2.45) is 0 Å². The topological polar surface area (TPSA) is 20.2 Å². The highest BCUT2D eigenvalue weighted by atomic mass is 19.1. The van der Waals surface area contributed by atoms with Gasteiger partial charge in [-0.15, -0.1) is 0 Å². The molecule has 0 amide bonds. The van der Waals surface area contributed by atoms with Gasteiger partial charge in [0, 0.05) is 0 Å². The van der Waals surface area contributed by atoms with Crippen LogP contribution in [-0.2, 0) is 0 Å². The first kappa shape index (κ1) is 12.8. The van der Waals surface area contributed by atoms with Crippen LogP contribution in [0.2, 0.25) is 0 Å². The largest absolute Gasteiger partial charge is 0.384 e. The van der Waals surface area contributed by atoms with Crippen LogP contribution in [0.15, 0.2) is 48.5 Å². The predicted molar refractivity (Wildman–Crippen MR) is 71.0 cm³/mol. The molecule has 0 aromatic heterocycles. The van der Waals surface area contributed by atoms with E-state index in [0.29, 0.717) is 11.5 Å². The van der Waals surface area contributed by atoms with Gasteiger partial charge in [0.25, 0.3) is 0 Å². The smallest absolute Gasteiger partial charge is 0.123 e. The van der Waals surface area contributed by atoms with Crippen molar-refractivity contribution in [3.8, 4) is 0 Å². The monoisotopic (exact) mass is 244 g/mol. The Morgan fingerprint density at radius 3 is 2.06 bits per heavy atom. The second kappa shape index (κ2) is 5.32. The third-order valence-corrected chi connectivity index (χ3v) is 3.08. The summed E-state index contributed by atoms with van der Waals surface area (Å²) in [6.07, 6.45) is -0.776. The SMILES string of the molecule is CC(C)c1ccc([C@@H](O)c2cccc(F)c2)cc1. The Hall–Kier alpha value is -1.67. The summed E-state index contributed by atoms with van der Waals surface area (Å²) in [5, 5.41) is 10.2. The van der Waals surface area contributed by atoms with Crippen molar-refractivity contribution in [3.63, 3.8) is 0 Å². The van der Waals surface area contributed by atoms with Crippen LogP contribution < -0.4 is 0 Å². The zero-order valence-corrected chi connectivity index (χ0v) is 10.6. The second-order valence-corrected chi connectivity index (χ2v) is 4.78. The summed E-state index contributed by atoms with van der Waals surface area (Å²) in [7, 11) is 0. The Bertz CT molecular complexity index is 517. The van der Waals surface area contributed by atoms with Crippen molar-refractivity contribution < 1.29 is 9.50 Å². The summed E-state index contributed by atoms with van der Waals surface area (Å²) in [5.74, 6) is 0.135. The van der Waals surface area contributed by atoms with Crippen LogP contribution in [-0.4, -0.2) is 5.11 Å². The van der Waals surface area contributed by atoms with Crippen molar-refractivity contribution in [2.75, 3.05) is 0 Å². The molecule has 2 aromatic carbocycles. The summed E-state index contributed by atoms with van der Waals surface area (Å²) >= 11 is 0. The molecule has 0 unspecified atom stereocenters. The highest BCUT2D eigenvalue weighted by Crippen LogP contribution is 2.24.